The average molecular weight is 589 g/mol. The molecule has 0 bridgehead atoms. The van der Waals surface area contributed by atoms with Crippen molar-refractivity contribution in [2.75, 3.05) is 20.2 Å². The first-order chi connectivity index (χ1) is 18.6. The van der Waals surface area contributed by atoms with Gasteiger partial charge in [-0.05, 0) is 36.8 Å². The van der Waals surface area contributed by atoms with Crippen LogP contribution >= 0.6 is 11.8 Å². The van der Waals surface area contributed by atoms with Crippen LogP contribution in [0.4, 0.5) is 13.2 Å². The van der Waals surface area contributed by atoms with Crippen molar-refractivity contribution < 1.29 is 43.1 Å². The van der Waals surface area contributed by atoms with Crippen molar-refractivity contribution >= 4 is 17.7 Å². The summed E-state index contributed by atoms with van der Waals surface area (Å²) in [6.07, 6.45) is -1.49. The molecule has 1 aliphatic carbocycles. The largest absolute Gasteiger partial charge is 0.394 e. The molecule has 1 amide bonds. The second kappa shape index (κ2) is 11.6. The van der Waals surface area contributed by atoms with Crippen molar-refractivity contribution in [2.45, 2.75) is 80.7 Å². The van der Waals surface area contributed by atoms with Crippen molar-refractivity contribution in [1.82, 2.24) is 19.9 Å². The van der Waals surface area contributed by atoms with Crippen LogP contribution in [0.2, 0.25) is 0 Å². The minimum Gasteiger partial charge on any atom is -0.394 e. The van der Waals surface area contributed by atoms with E-state index in [0.29, 0.717) is 19.4 Å². The maximum atomic E-state index is 13.8. The smallest absolute Gasteiger partial charge is 0.238 e. The Hall–Kier alpha value is -2.23. The van der Waals surface area contributed by atoms with E-state index in [1.54, 1.807) is 7.05 Å². The van der Waals surface area contributed by atoms with E-state index in [4.69, 9.17) is 4.74 Å². The third-order valence-corrected chi connectivity index (χ3v) is 8.80. The van der Waals surface area contributed by atoms with Gasteiger partial charge in [-0.25, -0.2) is 17.9 Å². The normalized spacial score (nSPS) is 27.2. The first kappa shape index (κ1) is 30.7. The first-order valence-electron chi connectivity index (χ1n) is 13.0. The highest BCUT2D eigenvalue weighted by Gasteiger charge is 2.53. The molecule has 4 rings (SSSR count). The molecular formula is C26H35F3N4O6S. The second-order valence-electron chi connectivity index (χ2n) is 11.8. The van der Waals surface area contributed by atoms with Gasteiger partial charge in [0.05, 0.1) is 18.4 Å². The van der Waals surface area contributed by atoms with Gasteiger partial charge in [0, 0.05) is 19.2 Å². The van der Waals surface area contributed by atoms with Crippen LogP contribution in [0.3, 0.4) is 0 Å². The number of aliphatic hydroxyl groups is 4. The second-order valence-corrected chi connectivity index (χ2v) is 13.0. The highest BCUT2D eigenvalue weighted by molar-refractivity contribution is 8.01. The fourth-order valence-electron chi connectivity index (χ4n) is 5.09. The SMILES string of the molecule is CN(CC(C)(C)C)C(=O)[C@@H](S[C@@H]1O[C@H](CO)[C@H](O)[C@H](n2cc(-c3cc(F)c(F)c(F)c3)nn2)[C@H]1O)C1(O)CCC1. The molecule has 2 aliphatic rings. The Balaban J connectivity index is 1.62. The summed E-state index contributed by atoms with van der Waals surface area (Å²) in [5, 5.41) is 50.1. The van der Waals surface area contributed by atoms with Gasteiger partial charge in [0.15, 0.2) is 17.5 Å². The number of halogens is 3. The molecule has 2 aromatic rings. The molecule has 2 fully saturated rings. The van der Waals surface area contributed by atoms with E-state index in [2.05, 4.69) is 10.3 Å². The van der Waals surface area contributed by atoms with Gasteiger partial charge >= 0.3 is 0 Å². The summed E-state index contributed by atoms with van der Waals surface area (Å²) in [4.78, 5) is 15.1. The molecule has 222 valence electrons. The highest BCUT2D eigenvalue weighted by atomic mass is 32.2. The molecule has 0 unspecified atom stereocenters. The summed E-state index contributed by atoms with van der Waals surface area (Å²) in [6.45, 7) is 5.71. The van der Waals surface area contributed by atoms with Crippen molar-refractivity contribution in [3.63, 3.8) is 0 Å². The average Bonchev–Trinajstić information content (AvgIpc) is 3.33. The maximum absolute atomic E-state index is 13.8. The summed E-state index contributed by atoms with van der Waals surface area (Å²) < 4.78 is 47.8. The van der Waals surface area contributed by atoms with Gasteiger partial charge in [-0.2, -0.15) is 0 Å². The number of aliphatic hydroxyl groups excluding tert-OH is 3. The summed E-state index contributed by atoms with van der Waals surface area (Å²) in [6, 6.07) is 0.226. The van der Waals surface area contributed by atoms with Crippen LogP contribution in [0.1, 0.15) is 46.1 Å². The zero-order valence-electron chi connectivity index (χ0n) is 22.7. The lowest BCUT2D eigenvalue weighted by Gasteiger charge is -2.47. The number of ether oxygens (including phenoxy) is 1. The summed E-state index contributed by atoms with van der Waals surface area (Å²) in [5.74, 6) is -4.82. The molecule has 10 nitrogen and oxygen atoms in total. The predicted molar refractivity (Wildman–Crippen MR) is 139 cm³/mol. The van der Waals surface area contributed by atoms with Crippen molar-refractivity contribution in [3.05, 3.63) is 35.8 Å². The summed E-state index contributed by atoms with van der Waals surface area (Å²) in [7, 11) is 1.64. The number of benzene rings is 1. The Kier molecular flexibility index (Phi) is 8.89. The van der Waals surface area contributed by atoms with Gasteiger partial charge in [0.25, 0.3) is 0 Å². The Morgan fingerprint density at radius 1 is 1.23 bits per heavy atom. The first-order valence-corrected chi connectivity index (χ1v) is 13.9. The zero-order valence-corrected chi connectivity index (χ0v) is 23.5. The lowest BCUT2D eigenvalue weighted by molar-refractivity contribution is -0.179. The van der Waals surface area contributed by atoms with E-state index >= 15 is 0 Å². The minimum atomic E-state index is -1.64. The van der Waals surface area contributed by atoms with E-state index in [1.165, 1.54) is 11.1 Å². The van der Waals surface area contributed by atoms with Gasteiger partial charge in [-0.15, -0.1) is 16.9 Å². The standard InChI is InChI=1S/C26H35F3N4O6S/c1-25(2,3)12-32(4)23(37)22(26(38)6-5-7-26)40-24-21(36)19(20(35)17(11-34)39-24)33-10-16(30-31-33)13-8-14(27)18(29)15(28)9-13/h8-10,17,19-22,24,34-36,38H,5-7,11-12H2,1-4H3/t17-,19+,20+,21-,22-,24+/m1/s1. The Bertz CT molecular complexity index is 1200. The topological polar surface area (TPSA) is 141 Å². The molecule has 1 aliphatic heterocycles. The molecule has 1 saturated heterocycles. The predicted octanol–water partition coefficient (Wildman–Crippen LogP) is 1.86. The molecule has 40 heavy (non-hydrogen) atoms. The number of hydrogen-bond donors (Lipinski definition) is 4. The van der Waals surface area contributed by atoms with Gasteiger partial charge in [-0.1, -0.05) is 26.0 Å². The summed E-state index contributed by atoms with van der Waals surface area (Å²) >= 11 is 0.909. The van der Waals surface area contributed by atoms with Crippen LogP contribution in [-0.2, 0) is 9.53 Å². The molecule has 1 aromatic carbocycles. The van der Waals surface area contributed by atoms with Crippen molar-refractivity contribution in [2.24, 2.45) is 5.41 Å². The molecule has 6 atom stereocenters. The van der Waals surface area contributed by atoms with E-state index < -0.39 is 64.7 Å². The molecule has 1 saturated carbocycles. The lowest BCUT2D eigenvalue weighted by atomic mass is 9.77. The number of rotatable bonds is 8. The quantitative estimate of drug-likeness (QED) is 0.340. The molecule has 4 N–H and O–H groups in total. The van der Waals surface area contributed by atoms with Crippen molar-refractivity contribution in [3.8, 4) is 11.3 Å². The highest BCUT2D eigenvalue weighted by Crippen LogP contribution is 2.45. The fourth-order valence-corrected chi connectivity index (χ4v) is 6.67. The van der Waals surface area contributed by atoms with E-state index in [0.717, 1.165) is 35.0 Å². The van der Waals surface area contributed by atoms with Crippen LogP contribution in [0, 0.1) is 22.9 Å². The van der Waals surface area contributed by atoms with Gasteiger partial charge in [0.1, 0.15) is 40.7 Å². The molecule has 0 radical (unpaired) electrons. The Morgan fingerprint density at radius 3 is 2.38 bits per heavy atom. The molecule has 14 heteroatoms. The maximum Gasteiger partial charge on any atom is 0.238 e. The van der Waals surface area contributed by atoms with Gasteiger partial charge in [0.2, 0.25) is 5.91 Å². The number of hydrogen-bond acceptors (Lipinski definition) is 9. The zero-order chi connectivity index (χ0) is 29.6. The number of carbonyl (C=O) groups is 1. The Labute approximate surface area is 234 Å². The minimum absolute atomic E-state index is 0.0610. The third-order valence-electron chi connectivity index (χ3n) is 7.23. The molecule has 0 spiro atoms. The van der Waals surface area contributed by atoms with Crippen LogP contribution in [0.15, 0.2) is 18.3 Å². The monoisotopic (exact) mass is 588 g/mol. The molecule has 1 aromatic heterocycles. The molecular weight excluding hydrogens is 553 g/mol. The van der Waals surface area contributed by atoms with Crippen molar-refractivity contribution in [1.29, 1.82) is 0 Å². The van der Waals surface area contributed by atoms with Gasteiger partial charge < -0.3 is 30.1 Å². The number of nitrogens with zero attached hydrogens (tertiary/aromatic N) is 4. The number of carbonyl (C=O) groups excluding carboxylic acids is 1. The number of thioether (sulfide) groups is 1. The van der Waals surface area contributed by atoms with Gasteiger partial charge in [-0.3, -0.25) is 4.79 Å². The molecule has 2 heterocycles. The van der Waals surface area contributed by atoms with Crippen LogP contribution in [0.5, 0.6) is 0 Å². The Morgan fingerprint density at radius 2 is 1.85 bits per heavy atom. The lowest BCUT2D eigenvalue weighted by Crippen LogP contribution is -2.59. The number of aromatic nitrogens is 3. The van der Waals surface area contributed by atoms with E-state index in [-0.39, 0.29) is 22.6 Å². The summed E-state index contributed by atoms with van der Waals surface area (Å²) in [5.41, 5.74) is -2.90. The fraction of sp³-hybridized carbons (Fsp3) is 0.654. The van der Waals surface area contributed by atoms with Crippen LogP contribution < -0.4 is 0 Å². The van der Waals surface area contributed by atoms with E-state index in [9.17, 15) is 38.4 Å². The van der Waals surface area contributed by atoms with Crippen LogP contribution in [-0.4, -0.2) is 101 Å². The van der Waals surface area contributed by atoms with E-state index in [1.807, 2.05) is 20.8 Å². The third kappa shape index (κ3) is 6.16. The number of amides is 1. The van der Waals surface area contributed by atoms with Crippen LogP contribution in [0.25, 0.3) is 11.3 Å².